The summed E-state index contributed by atoms with van der Waals surface area (Å²) >= 11 is 0. The second kappa shape index (κ2) is 10.3. The molecule has 4 unspecified atom stereocenters. The summed E-state index contributed by atoms with van der Waals surface area (Å²) in [6.07, 6.45) is 15.0. The van der Waals surface area contributed by atoms with Gasteiger partial charge in [0.15, 0.2) is 0 Å². The standard InChI is InChI=1S/C25H40O4/c1-3-6-17-11-16(2)22(13-17)21(25(28)29)8-4-7-18-12-19-15-24(27)20(9-5-10-26)23(19)14-18/h5,7,9,16-17,19-24,26-27H,3-4,6,8,10-15H2,1-2H3,(H,28,29)/t16?,17?,19-,20-,21?,22?,23+,24-/m1/s1. The van der Waals surface area contributed by atoms with Crippen LogP contribution < -0.4 is 0 Å². The number of allylic oxidation sites excluding steroid dienone is 2. The van der Waals surface area contributed by atoms with Crippen LogP contribution in [0.15, 0.2) is 23.8 Å². The van der Waals surface area contributed by atoms with Crippen molar-refractivity contribution in [1.82, 2.24) is 0 Å². The molecule has 0 amide bonds. The Balaban J connectivity index is 1.55. The van der Waals surface area contributed by atoms with Gasteiger partial charge in [-0.3, -0.25) is 4.79 Å². The van der Waals surface area contributed by atoms with Crippen molar-refractivity contribution in [3.63, 3.8) is 0 Å². The molecule has 0 spiro atoms. The fraction of sp³-hybridized carbons (Fsp3) is 0.800. The molecule has 0 saturated heterocycles. The summed E-state index contributed by atoms with van der Waals surface area (Å²) < 4.78 is 0. The first kappa shape index (κ1) is 22.6. The molecule has 0 aliphatic heterocycles. The highest BCUT2D eigenvalue weighted by Gasteiger charge is 2.45. The maximum atomic E-state index is 12.0. The predicted molar refractivity (Wildman–Crippen MR) is 115 cm³/mol. The first-order valence-electron chi connectivity index (χ1n) is 11.8. The van der Waals surface area contributed by atoms with Gasteiger partial charge in [-0.05, 0) is 74.5 Å². The molecule has 164 valence electrons. The highest BCUT2D eigenvalue weighted by molar-refractivity contribution is 5.70. The third-order valence-electron chi connectivity index (χ3n) is 8.06. The Labute approximate surface area is 176 Å². The SMILES string of the molecule is CCCC1CC(C)C(C(CCC=C2C[C@@H]3C[C@@H](O)[C@H](C=CCO)[C@H]3C2)C(=O)O)C1. The zero-order valence-corrected chi connectivity index (χ0v) is 18.2. The van der Waals surface area contributed by atoms with Crippen molar-refractivity contribution < 1.29 is 20.1 Å². The summed E-state index contributed by atoms with van der Waals surface area (Å²) in [5, 5.41) is 29.2. The van der Waals surface area contributed by atoms with Crippen LogP contribution in [0, 0.1) is 41.4 Å². The van der Waals surface area contributed by atoms with Crippen LogP contribution in [0.25, 0.3) is 0 Å². The van der Waals surface area contributed by atoms with Crippen LogP contribution in [0.2, 0.25) is 0 Å². The third-order valence-corrected chi connectivity index (χ3v) is 8.06. The number of aliphatic hydroxyl groups excluding tert-OH is 2. The average molecular weight is 405 g/mol. The number of carboxylic acids is 1. The molecule has 0 radical (unpaired) electrons. The molecular weight excluding hydrogens is 364 g/mol. The Kier molecular flexibility index (Phi) is 7.98. The van der Waals surface area contributed by atoms with E-state index in [0.717, 1.165) is 38.5 Å². The van der Waals surface area contributed by atoms with Gasteiger partial charge in [0.1, 0.15) is 0 Å². The first-order valence-corrected chi connectivity index (χ1v) is 11.8. The van der Waals surface area contributed by atoms with Gasteiger partial charge in [0.25, 0.3) is 0 Å². The number of hydrogen-bond acceptors (Lipinski definition) is 3. The summed E-state index contributed by atoms with van der Waals surface area (Å²) in [5.41, 5.74) is 1.45. The molecule has 4 heteroatoms. The van der Waals surface area contributed by atoms with Crippen molar-refractivity contribution in [2.45, 2.75) is 77.7 Å². The Bertz CT molecular complexity index is 610. The largest absolute Gasteiger partial charge is 0.481 e. The summed E-state index contributed by atoms with van der Waals surface area (Å²) in [6, 6.07) is 0. The van der Waals surface area contributed by atoms with Crippen LogP contribution in [0.4, 0.5) is 0 Å². The molecule has 3 N–H and O–H groups in total. The van der Waals surface area contributed by atoms with E-state index >= 15 is 0 Å². The Morgan fingerprint density at radius 3 is 2.72 bits per heavy atom. The van der Waals surface area contributed by atoms with Crippen molar-refractivity contribution in [3.8, 4) is 0 Å². The average Bonchev–Trinajstić information content (AvgIpc) is 3.30. The van der Waals surface area contributed by atoms with E-state index in [4.69, 9.17) is 5.11 Å². The monoisotopic (exact) mass is 404 g/mol. The van der Waals surface area contributed by atoms with E-state index < -0.39 is 5.97 Å². The molecule has 0 aromatic carbocycles. The van der Waals surface area contributed by atoms with E-state index in [0.29, 0.717) is 29.6 Å². The topological polar surface area (TPSA) is 77.8 Å². The van der Waals surface area contributed by atoms with Crippen LogP contribution in [-0.2, 0) is 4.79 Å². The highest BCUT2D eigenvalue weighted by Crippen LogP contribution is 2.50. The molecule has 0 heterocycles. The van der Waals surface area contributed by atoms with E-state index in [1.165, 1.54) is 24.8 Å². The molecule has 0 bridgehead atoms. The van der Waals surface area contributed by atoms with Crippen LogP contribution in [-0.4, -0.2) is 34.0 Å². The Morgan fingerprint density at radius 1 is 1.24 bits per heavy atom. The molecule has 0 aromatic heterocycles. The minimum Gasteiger partial charge on any atom is -0.481 e. The molecule has 3 aliphatic carbocycles. The van der Waals surface area contributed by atoms with Gasteiger partial charge in [-0.1, -0.05) is 50.5 Å². The molecule has 3 aliphatic rings. The quantitative estimate of drug-likeness (QED) is 0.482. The lowest BCUT2D eigenvalue weighted by atomic mass is 9.81. The summed E-state index contributed by atoms with van der Waals surface area (Å²) in [7, 11) is 0. The van der Waals surface area contributed by atoms with E-state index in [1.807, 2.05) is 6.08 Å². The molecule has 0 aromatic rings. The number of rotatable bonds is 9. The second-order valence-corrected chi connectivity index (χ2v) is 9.98. The molecule has 3 fully saturated rings. The molecule has 29 heavy (non-hydrogen) atoms. The van der Waals surface area contributed by atoms with Gasteiger partial charge >= 0.3 is 5.97 Å². The number of aliphatic hydroxyl groups is 2. The third kappa shape index (κ3) is 5.32. The van der Waals surface area contributed by atoms with Gasteiger partial charge in [0, 0.05) is 5.92 Å². The van der Waals surface area contributed by atoms with Gasteiger partial charge in [0.2, 0.25) is 0 Å². The fourth-order valence-electron chi connectivity index (χ4n) is 6.76. The van der Waals surface area contributed by atoms with E-state index in [9.17, 15) is 15.0 Å². The summed E-state index contributed by atoms with van der Waals surface area (Å²) in [6.45, 7) is 4.50. The lowest BCUT2D eigenvalue weighted by Crippen LogP contribution is -2.25. The fourth-order valence-corrected chi connectivity index (χ4v) is 6.76. The minimum absolute atomic E-state index is 0.0264. The molecular formula is C25H40O4. The Hall–Kier alpha value is -1.13. The number of carboxylic acid groups (broad SMARTS) is 1. The molecule has 3 saturated carbocycles. The van der Waals surface area contributed by atoms with Crippen molar-refractivity contribution >= 4 is 5.97 Å². The normalized spacial score (nSPS) is 39.4. The summed E-state index contributed by atoms with van der Waals surface area (Å²) in [5.74, 6) is 1.89. The van der Waals surface area contributed by atoms with Gasteiger partial charge < -0.3 is 15.3 Å². The zero-order valence-electron chi connectivity index (χ0n) is 18.2. The van der Waals surface area contributed by atoms with Crippen molar-refractivity contribution in [2.75, 3.05) is 6.61 Å². The molecule has 8 atom stereocenters. The Morgan fingerprint density at radius 2 is 2.03 bits per heavy atom. The molecule has 4 nitrogen and oxygen atoms in total. The van der Waals surface area contributed by atoms with E-state index in [1.54, 1.807) is 6.08 Å². The lowest BCUT2D eigenvalue weighted by Gasteiger charge is -2.23. The molecule has 3 rings (SSSR count). The van der Waals surface area contributed by atoms with Crippen LogP contribution in [0.5, 0.6) is 0 Å². The van der Waals surface area contributed by atoms with E-state index in [-0.39, 0.29) is 24.5 Å². The minimum atomic E-state index is -0.613. The van der Waals surface area contributed by atoms with Gasteiger partial charge in [-0.2, -0.15) is 0 Å². The predicted octanol–water partition coefficient (Wildman–Crippen LogP) is 4.81. The number of fused-ring (bicyclic) bond motifs is 1. The number of carbonyl (C=O) groups is 1. The van der Waals surface area contributed by atoms with Gasteiger partial charge in [0.05, 0.1) is 18.6 Å². The van der Waals surface area contributed by atoms with Crippen LogP contribution in [0.1, 0.15) is 71.6 Å². The van der Waals surface area contributed by atoms with E-state index in [2.05, 4.69) is 19.9 Å². The van der Waals surface area contributed by atoms with Crippen LogP contribution >= 0.6 is 0 Å². The van der Waals surface area contributed by atoms with Crippen molar-refractivity contribution in [2.24, 2.45) is 41.4 Å². The van der Waals surface area contributed by atoms with Crippen molar-refractivity contribution in [3.05, 3.63) is 23.8 Å². The second-order valence-electron chi connectivity index (χ2n) is 9.98. The smallest absolute Gasteiger partial charge is 0.306 e. The van der Waals surface area contributed by atoms with Gasteiger partial charge in [-0.15, -0.1) is 0 Å². The first-order chi connectivity index (χ1) is 13.9. The highest BCUT2D eigenvalue weighted by atomic mass is 16.4. The maximum Gasteiger partial charge on any atom is 0.306 e. The van der Waals surface area contributed by atoms with Crippen LogP contribution in [0.3, 0.4) is 0 Å². The summed E-state index contributed by atoms with van der Waals surface area (Å²) in [4.78, 5) is 12.0. The van der Waals surface area contributed by atoms with Gasteiger partial charge in [-0.25, -0.2) is 0 Å². The van der Waals surface area contributed by atoms with Crippen molar-refractivity contribution in [1.29, 1.82) is 0 Å². The lowest BCUT2D eigenvalue weighted by molar-refractivity contribution is -0.144. The number of aliphatic carboxylic acids is 1. The number of hydrogen-bond donors (Lipinski definition) is 3. The zero-order chi connectivity index (χ0) is 21.0. The maximum absolute atomic E-state index is 12.0.